The molecule has 0 saturated carbocycles. The summed E-state index contributed by atoms with van der Waals surface area (Å²) in [7, 11) is 3.53. The summed E-state index contributed by atoms with van der Waals surface area (Å²) in [6.45, 7) is 2.01. The van der Waals surface area contributed by atoms with E-state index in [-0.39, 0.29) is 5.91 Å². The molecular formula is C15H18N4O. The van der Waals surface area contributed by atoms with Crippen LogP contribution < -0.4 is 10.2 Å². The van der Waals surface area contributed by atoms with E-state index in [1.54, 1.807) is 37.5 Å². The van der Waals surface area contributed by atoms with Crippen molar-refractivity contribution in [3.05, 3.63) is 47.9 Å². The largest absolute Gasteiger partial charge is 0.373 e. The van der Waals surface area contributed by atoms with E-state index in [2.05, 4.69) is 15.3 Å². The zero-order valence-corrected chi connectivity index (χ0v) is 11.9. The summed E-state index contributed by atoms with van der Waals surface area (Å²) in [5, 5.41) is 2.98. The van der Waals surface area contributed by atoms with Gasteiger partial charge < -0.3 is 10.2 Å². The molecule has 0 radical (unpaired) electrons. The Morgan fingerprint density at radius 1 is 1.40 bits per heavy atom. The third kappa shape index (κ3) is 2.93. The minimum atomic E-state index is -0.0772. The molecule has 0 saturated heterocycles. The van der Waals surface area contributed by atoms with Crippen molar-refractivity contribution < 1.29 is 4.79 Å². The highest BCUT2D eigenvalue weighted by Crippen LogP contribution is 2.17. The Labute approximate surface area is 118 Å². The van der Waals surface area contributed by atoms with Gasteiger partial charge in [0.25, 0.3) is 5.91 Å². The van der Waals surface area contributed by atoms with E-state index >= 15 is 0 Å². The van der Waals surface area contributed by atoms with E-state index in [1.165, 1.54) is 0 Å². The summed E-state index contributed by atoms with van der Waals surface area (Å²) in [4.78, 5) is 22.5. The van der Waals surface area contributed by atoms with Gasteiger partial charge in [0.15, 0.2) is 0 Å². The normalized spacial score (nSPS) is 10.2. The first-order valence-electron chi connectivity index (χ1n) is 6.52. The number of hydrogen-bond donors (Lipinski definition) is 1. The number of aryl methyl sites for hydroxylation is 1. The van der Waals surface area contributed by atoms with Crippen LogP contribution in [0.25, 0.3) is 0 Å². The van der Waals surface area contributed by atoms with Crippen LogP contribution in [0.2, 0.25) is 0 Å². The Hall–Kier alpha value is -2.43. The molecule has 2 rings (SSSR count). The molecule has 0 unspecified atom stereocenters. The average molecular weight is 270 g/mol. The smallest absolute Gasteiger partial charge is 0.258 e. The molecule has 1 amide bonds. The van der Waals surface area contributed by atoms with Gasteiger partial charge in [-0.05, 0) is 30.7 Å². The SMILES string of the molecule is CCc1cc(C(=O)N(C)c2cccnc2)cc(NC)n1. The van der Waals surface area contributed by atoms with Crippen LogP contribution >= 0.6 is 0 Å². The summed E-state index contributed by atoms with van der Waals surface area (Å²) in [5.41, 5.74) is 2.27. The molecule has 0 aromatic carbocycles. The Morgan fingerprint density at radius 2 is 2.20 bits per heavy atom. The number of carbonyl (C=O) groups excluding carboxylic acids is 1. The van der Waals surface area contributed by atoms with Crippen LogP contribution in [0.3, 0.4) is 0 Å². The second-order valence-electron chi connectivity index (χ2n) is 4.41. The standard InChI is InChI=1S/C15H18N4O/c1-4-12-8-11(9-14(16-2)18-12)15(20)19(3)13-6-5-7-17-10-13/h5-10H,4H2,1-3H3,(H,16,18). The lowest BCUT2D eigenvalue weighted by molar-refractivity contribution is 0.0993. The molecule has 5 nitrogen and oxygen atoms in total. The van der Waals surface area contributed by atoms with Gasteiger partial charge >= 0.3 is 0 Å². The number of hydrogen-bond acceptors (Lipinski definition) is 4. The molecule has 5 heteroatoms. The molecular weight excluding hydrogens is 252 g/mol. The second kappa shape index (κ2) is 6.14. The van der Waals surface area contributed by atoms with E-state index in [4.69, 9.17) is 0 Å². The fourth-order valence-corrected chi connectivity index (χ4v) is 1.88. The summed E-state index contributed by atoms with van der Waals surface area (Å²) in [5.74, 6) is 0.624. The van der Waals surface area contributed by atoms with Gasteiger partial charge in [0.05, 0.1) is 11.9 Å². The molecule has 2 aromatic rings. The molecule has 0 aliphatic heterocycles. The van der Waals surface area contributed by atoms with Gasteiger partial charge in [-0.15, -0.1) is 0 Å². The molecule has 20 heavy (non-hydrogen) atoms. The van der Waals surface area contributed by atoms with E-state index in [0.717, 1.165) is 17.8 Å². The number of nitrogens with zero attached hydrogens (tertiary/aromatic N) is 3. The highest BCUT2D eigenvalue weighted by Gasteiger charge is 2.15. The number of pyridine rings is 2. The first-order chi connectivity index (χ1) is 9.65. The van der Waals surface area contributed by atoms with Crippen molar-refractivity contribution in [1.82, 2.24) is 9.97 Å². The number of anilines is 2. The Kier molecular flexibility index (Phi) is 4.30. The maximum absolute atomic E-state index is 12.5. The quantitative estimate of drug-likeness (QED) is 0.926. The number of nitrogens with one attached hydrogen (secondary N) is 1. The molecule has 0 aliphatic carbocycles. The molecule has 0 atom stereocenters. The van der Waals surface area contributed by atoms with Crippen LogP contribution in [0.15, 0.2) is 36.7 Å². The van der Waals surface area contributed by atoms with Crippen molar-refractivity contribution in [1.29, 1.82) is 0 Å². The Balaban J connectivity index is 2.33. The molecule has 1 N–H and O–H groups in total. The zero-order valence-electron chi connectivity index (χ0n) is 11.9. The van der Waals surface area contributed by atoms with Crippen molar-refractivity contribution in [2.24, 2.45) is 0 Å². The summed E-state index contributed by atoms with van der Waals surface area (Å²) in [6, 6.07) is 7.25. The number of carbonyl (C=O) groups is 1. The van der Waals surface area contributed by atoms with E-state index in [1.807, 2.05) is 25.1 Å². The minimum absolute atomic E-state index is 0.0772. The van der Waals surface area contributed by atoms with Gasteiger partial charge in [0.2, 0.25) is 0 Å². The average Bonchev–Trinajstić information content (AvgIpc) is 2.53. The van der Waals surface area contributed by atoms with Crippen LogP contribution in [0, 0.1) is 0 Å². The van der Waals surface area contributed by atoms with Gasteiger partial charge in [0.1, 0.15) is 5.82 Å². The fourth-order valence-electron chi connectivity index (χ4n) is 1.88. The number of amides is 1. The molecule has 104 valence electrons. The van der Waals surface area contributed by atoms with Crippen molar-refractivity contribution in [3.8, 4) is 0 Å². The van der Waals surface area contributed by atoms with Gasteiger partial charge in [-0.3, -0.25) is 9.78 Å². The van der Waals surface area contributed by atoms with Crippen LogP contribution in [0.1, 0.15) is 23.0 Å². The number of rotatable bonds is 4. The van der Waals surface area contributed by atoms with Crippen LogP contribution in [-0.4, -0.2) is 30.0 Å². The van der Waals surface area contributed by atoms with Gasteiger partial charge in [0, 0.05) is 31.5 Å². The predicted octanol–water partition coefficient (Wildman–Crippen LogP) is 2.36. The number of aromatic nitrogens is 2. The molecule has 0 fully saturated rings. The molecule has 0 bridgehead atoms. The maximum atomic E-state index is 12.5. The molecule has 2 heterocycles. The third-order valence-electron chi connectivity index (χ3n) is 3.08. The monoisotopic (exact) mass is 270 g/mol. The van der Waals surface area contributed by atoms with Crippen molar-refractivity contribution in [2.45, 2.75) is 13.3 Å². The Morgan fingerprint density at radius 3 is 2.80 bits per heavy atom. The topological polar surface area (TPSA) is 58.1 Å². The lowest BCUT2D eigenvalue weighted by Gasteiger charge is -2.17. The highest BCUT2D eigenvalue weighted by molar-refractivity contribution is 6.06. The van der Waals surface area contributed by atoms with Gasteiger partial charge in [-0.2, -0.15) is 0 Å². The molecule has 0 aliphatic rings. The van der Waals surface area contributed by atoms with Gasteiger partial charge in [-0.25, -0.2) is 4.98 Å². The summed E-state index contributed by atoms with van der Waals surface area (Å²) >= 11 is 0. The Bertz CT molecular complexity index is 576. The zero-order chi connectivity index (χ0) is 14.5. The highest BCUT2D eigenvalue weighted by atomic mass is 16.2. The molecule has 0 spiro atoms. The lowest BCUT2D eigenvalue weighted by Crippen LogP contribution is -2.26. The van der Waals surface area contributed by atoms with E-state index in [0.29, 0.717) is 11.4 Å². The van der Waals surface area contributed by atoms with E-state index < -0.39 is 0 Å². The lowest BCUT2D eigenvalue weighted by atomic mass is 10.1. The minimum Gasteiger partial charge on any atom is -0.373 e. The maximum Gasteiger partial charge on any atom is 0.258 e. The van der Waals surface area contributed by atoms with Crippen molar-refractivity contribution >= 4 is 17.4 Å². The third-order valence-corrected chi connectivity index (χ3v) is 3.08. The van der Waals surface area contributed by atoms with E-state index in [9.17, 15) is 4.79 Å². The fraction of sp³-hybridized carbons (Fsp3) is 0.267. The van der Waals surface area contributed by atoms with Crippen LogP contribution in [0.5, 0.6) is 0 Å². The first kappa shape index (κ1) is 14.0. The second-order valence-corrected chi connectivity index (χ2v) is 4.41. The molecule has 2 aromatic heterocycles. The van der Waals surface area contributed by atoms with Gasteiger partial charge in [-0.1, -0.05) is 6.92 Å². The summed E-state index contributed by atoms with van der Waals surface area (Å²) < 4.78 is 0. The predicted molar refractivity (Wildman–Crippen MR) is 80.1 cm³/mol. The van der Waals surface area contributed by atoms with Crippen LogP contribution in [0.4, 0.5) is 11.5 Å². The van der Waals surface area contributed by atoms with Crippen LogP contribution in [-0.2, 0) is 6.42 Å². The summed E-state index contributed by atoms with van der Waals surface area (Å²) in [6.07, 6.45) is 4.13. The van der Waals surface area contributed by atoms with Crippen molar-refractivity contribution in [2.75, 3.05) is 24.3 Å². The first-order valence-corrected chi connectivity index (χ1v) is 6.52. The van der Waals surface area contributed by atoms with Crippen molar-refractivity contribution in [3.63, 3.8) is 0 Å².